The Balaban J connectivity index is 1.23. The quantitative estimate of drug-likeness (QED) is 0.115. The van der Waals surface area contributed by atoms with Gasteiger partial charge in [0.1, 0.15) is 48.8 Å². The van der Waals surface area contributed by atoms with Crippen molar-refractivity contribution in [1.29, 1.82) is 0 Å². The van der Waals surface area contributed by atoms with Gasteiger partial charge in [0, 0.05) is 0 Å². The predicted molar refractivity (Wildman–Crippen MR) is 201 cm³/mol. The summed E-state index contributed by atoms with van der Waals surface area (Å²) in [6.45, 7) is 16.5. The van der Waals surface area contributed by atoms with E-state index >= 15 is 0 Å². The minimum atomic E-state index is -1.75. The highest BCUT2D eigenvalue weighted by atomic mass is 16.8. The molecule has 0 spiro atoms. The van der Waals surface area contributed by atoms with Crippen molar-refractivity contribution in [1.82, 2.24) is 0 Å². The van der Waals surface area contributed by atoms with Gasteiger partial charge in [-0.2, -0.15) is 0 Å². The number of hydrogen-bond donors (Lipinski definition) is 9. The molecule has 13 heteroatoms. The zero-order valence-corrected chi connectivity index (χ0v) is 34.3. The van der Waals surface area contributed by atoms with Crippen LogP contribution in [0.15, 0.2) is 11.6 Å². The molecule has 20 atom stereocenters. The fourth-order valence-corrected chi connectivity index (χ4v) is 13.3. The Bertz CT molecular complexity index is 1370. The Morgan fingerprint density at radius 3 is 1.95 bits per heavy atom. The number of rotatable bonds is 10. The average Bonchev–Trinajstić information content (AvgIpc) is 3.50. The van der Waals surface area contributed by atoms with Crippen molar-refractivity contribution in [2.45, 2.75) is 192 Å². The van der Waals surface area contributed by atoms with Crippen LogP contribution >= 0.6 is 0 Å². The molecule has 0 radical (unpaired) electrons. The van der Waals surface area contributed by atoms with Crippen LogP contribution in [0.3, 0.4) is 0 Å². The number of hydrogen-bond acceptors (Lipinski definition) is 13. The second-order valence-electron chi connectivity index (χ2n) is 20.1. The summed E-state index contributed by atoms with van der Waals surface area (Å²) in [5.74, 6) is 0.445. The van der Waals surface area contributed by atoms with Gasteiger partial charge in [-0.25, -0.2) is 0 Å². The van der Waals surface area contributed by atoms with E-state index in [0.29, 0.717) is 19.3 Å². The van der Waals surface area contributed by atoms with Crippen molar-refractivity contribution in [3.8, 4) is 0 Å². The molecule has 9 N–H and O–H groups in total. The van der Waals surface area contributed by atoms with Gasteiger partial charge < -0.3 is 64.9 Å². The van der Waals surface area contributed by atoms with Crippen LogP contribution in [0.2, 0.25) is 0 Å². The molecule has 0 aromatic carbocycles. The summed E-state index contributed by atoms with van der Waals surface area (Å²) in [6.07, 6.45) is -6.48. The molecule has 318 valence electrons. The van der Waals surface area contributed by atoms with Crippen molar-refractivity contribution >= 4 is 0 Å². The highest BCUT2D eigenvalue weighted by Crippen LogP contribution is 2.76. The first kappa shape index (κ1) is 43.8. The third-order valence-corrected chi connectivity index (χ3v) is 16.6. The minimum absolute atomic E-state index is 0.00798. The topological polar surface area (TPSA) is 219 Å². The Kier molecular flexibility index (Phi) is 12.5. The smallest absolute Gasteiger partial charge is 0.187 e. The highest BCUT2D eigenvalue weighted by molar-refractivity contribution is 5.20. The number of allylic oxidation sites excluding steroid dienone is 2. The lowest BCUT2D eigenvalue weighted by Gasteiger charge is -2.70. The largest absolute Gasteiger partial charge is 0.394 e. The van der Waals surface area contributed by atoms with Gasteiger partial charge in [0.25, 0.3) is 0 Å². The monoisotopic (exact) mass is 784 g/mol. The predicted octanol–water partition coefficient (Wildman–Crippen LogP) is 2.15. The van der Waals surface area contributed by atoms with E-state index in [-0.39, 0.29) is 39.9 Å². The molecule has 0 aromatic rings. The number of aliphatic hydroxyl groups excluding tert-OH is 8. The summed E-state index contributed by atoms with van der Waals surface area (Å²) in [5, 5.41) is 97.4. The molecule has 0 aromatic heterocycles. The summed E-state index contributed by atoms with van der Waals surface area (Å²) in [5.41, 5.74) is -0.405. The molecule has 6 rings (SSSR count). The molecule has 4 unspecified atom stereocenters. The average molecular weight is 785 g/mol. The maximum absolute atomic E-state index is 12.2. The van der Waals surface area contributed by atoms with E-state index in [2.05, 4.69) is 54.5 Å². The van der Waals surface area contributed by atoms with Gasteiger partial charge >= 0.3 is 0 Å². The van der Waals surface area contributed by atoms with Gasteiger partial charge in [-0.15, -0.1) is 0 Å². The lowest BCUT2D eigenvalue weighted by molar-refractivity contribution is -0.378. The Hall–Kier alpha value is -0.780. The van der Waals surface area contributed by atoms with Gasteiger partial charge in [-0.05, 0) is 124 Å². The van der Waals surface area contributed by atoms with Crippen LogP contribution in [-0.2, 0) is 18.9 Å². The normalized spacial score (nSPS) is 52.0. The lowest BCUT2D eigenvalue weighted by Crippen LogP contribution is -2.68. The summed E-state index contributed by atoms with van der Waals surface area (Å²) in [7, 11) is 0. The van der Waals surface area contributed by atoms with Gasteiger partial charge in [-0.3, -0.25) is 0 Å². The van der Waals surface area contributed by atoms with Crippen LogP contribution in [0.5, 0.6) is 0 Å². The van der Waals surface area contributed by atoms with Crippen LogP contribution in [-0.4, -0.2) is 138 Å². The molecule has 4 saturated carbocycles. The van der Waals surface area contributed by atoms with Crippen molar-refractivity contribution in [2.24, 2.45) is 45.3 Å². The number of aliphatic hydroxyl groups is 9. The third kappa shape index (κ3) is 7.20. The van der Waals surface area contributed by atoms with Crippen molar-refractivity contribution in [3.05, 3.63) is 11.6 Å². The molecule has 4 aliphatic carbocycles. The molecule has 55 heavy (non-hydrogen) atoms. The Morgan fingerprint density at radius 2 is 1.33 bits per heavy atom. The summed E-state index contributed by atoms with van der Waals surface area (Å²) < 4.78 is 24.4. The lowest BCUT2D eigenvalue weighted by atomic mass is 9.35. The van der Waals surface area contributed by atoms with Gasteiger partial charge in [-0.1, -0.05) is 46.3 Å². The molecular weight excluding hydrogens is 712 g/mol. The van der Waals surface area contributed by atoms with Crippen LogP contribution in [0.25, 0.3) is 0 Å². The van der Waals surface area contributed by atoms with Gasteiger partial charge in [0.2, 0.25) is 0 Å². The first-order valence-corrected chi connectivity index (χ1v) is 20.9. The standard InChI is InChI=1S/C42H72O13/c1-21(2)10-9-14-42(8,51)22-11-16-41(7)29(22)23(45)18-27-39(5)15-13-28(38(3,4)26(39)12-17-40(27,41)6)54-37-35(33(49)31(47)25(20-44)53-37)55-36-34(50)32(48)30(46)24(19-43)52-36/h10,22-37,43-51H,9,11-20H2,1-8H3/t22-,23+,24-,25-,26?,27?,28?,29+,30-,31-,32+,33+,34-,35-,36+,37+,39+,40?,41+,42+/m1/s1. The summed E-state index contributed by atoms with van der Waals surface area (Å²) in [6, 6.07) is 0. The van der Waals surface area contributed by atoms with E-state index in [1.807, 2.05) is 6.92 Å². The summed E-state index contributed by atoms with van der Waals surface area (Å²) in [4.78, 5) is 0. The second-order valence-corrected chi connectivity index (χ2v) is 20.1. The fraction of sp³-hybridized carbons (Fsp3) is 0.952. The van der Waals surface area contributed by atoms with Crippen molar-refractivity contribution in [2.75, 3.05) is 13.2 Å². The van der Waals surface area contributed by atoms with Gasteiger partial charge in [0.15, 0.2) is 12.6 Å². The molecule has 2 saturated heterocycles. The third-order valence-electron chi connectivity index (χ3n) is 16.6. The first-order valence-electron chi connectivity index (χ1n) is 20.9. The number of ether oxygens (including phenoxy) is 4. The van der Waals surface area contributed by atoms with E-state index < -0.39 is 97.8 Å². The summed E-state index contributed by atoms with van der Waals surface area (Å²) >= 11 is 0. The zero-order valence-electron chi connectivity index (χ0n) is 34.3. The van der Waals surface area contributed by atoms with Crippen LogP contribution in [0.4, 0.5) is 0 Å². The fourth-order valence-electron chi connectivity index (χ4n) is 13.3. The molecule has 2 aliphatic heterocycles. The molecule has 6 fully saturated rings. The molecule has 2 heterocycles. The molecule has 6 aliphatic rings. The molecular formula is C42H72O13. The highest BCUT2D eigenvalue weighted by Gasteiger charge is 2.71. The zero-order chi connectivity index (χ0) is 40.6. The second kappa shape index (κ2) is 15.7. The van der Waals surface area contributed by atoms with Crippen LogP contribution in [0.1, 0.15) is 113 Å². The maximum Gasteiger partial charge on any atom is 0.187 e. The molecule has 0 amide bonds. The van der Waals surface area contributed by atoms with Crippen LogP contribution in [0, 0.1) is 45.3 Å². The van der Waals surface area contributed by atoms with E-state index in [4.69, 9.17) is 18.9 Å². The maximum atomic E-state index is 12.2. The van der Waals surface area contributed by atoms with Crippen LogP contribution < -0.4 is 0 Å². The van der Waals surface area contributed by atoms with E-state index in [1.165, 1.54) is 5.57 Å². The minimum Gasteiger partial charge on any atom is -0.394 e. The van der Waals surface area contributed by atoms with E-state index in [1.54, 1.807) is 0 Å². The van der Waals surface area contributed by atoms with Crippen molar-refractivity contribution < 1.29 is 64.9 Å². The van der Waals surface area contributed by atoms with E-state index in [0.717, 1.165) is 38.5 Å². The Morgan fingerprint density at radius 1 is 0.727 bits per heavy atom. The van der Waals surface area contributed by atoms with Crippen molar-refractivity contribution in [3.63, 3.8) is 0 Å². The Labute approximate surface area is 327 Å². The SMILES string of the molecule is CC(C)=CCC[C@](C)(O)[C@@H]1CC[C@@]2(C)[C@@H]1[C@@H](O)CC1C2(C)CCC2C(C)(C)C(O[C@@H]3O[C@H](CO)[C@@H](O)[C@H](O)[C@H]3O[C@@H]3O[C@H](CO)[C@@H](O)[C@H](O)[C@H]3O)CC[C@@]21C. The number of fused-ring (bicyclic) bond motifs is 5. The molecule has 13 nitrogen and oxygen atoms in total. The van der Waals surface area contributed by atoms with Gasteiger partial charge in [0.05, 0.1) is 31.0 Å². The van der Waals surface area contributed by atoms with E-state index in [9.17, 15) is 46.0 Å². The molecule has 0 bridgehead atoms. The first-order chi connectivity index (χ1) is 25.6.